The zero-order valence-electron chi connectivity index (χ0n) is 20.4. The lowest BCUT2D eigenvalue weighted by Crippen LogP contribution is -2.34. The number of fused-ring (bicyclic) bond motifs is 2. The van der Waals surface area contributed by atoms with E-state index in [1.165, 1.54) is 23.5 Å². The van der Waals surface area contributed by atoms with E-state index in [1.807, 2.05) is 4.90 Å². The highest BCUT2D eigenvalue weighted by atomic mass is 32.2. The third-order valence-electron chi connectivity index (χ3n) is 7.20. The Kier molecular flexibility index (Phi) is 6.07. The first-order chi connectivity index (χ1) is 18.3. The van der Waals surface area contributed by atoms with Gasteiger partial charge in [-0.25, -0.2) is 22.2 Å². The number of ether oxygens (including phenoxy) is 1. The summed E-state index contributed by atoms with van der Waals surface area (Å²) >= 11 is 1.08. The molecule has 14 heteroatoms. The van der Waals surface area contributed by atoms with Gasteiger partial charge in [-0.2, -0.15) is 4.98 Å². The summed E-state index contributed by atoms with van der Waals surface area (Å²) in [6.07, 6.45) is 4.74. The fourth-order valence-corrected chi connectivity index (χ4v) is 7.30. The van der Waals surface area contributed by atoms with Gasteiger partial charge < -0.3 is 20.7 Å². The van der Waals surface area contributed by atoms with Crippen LogP contribution in [0, 0.1) is 11.8 Å². The molecule has 1 aliphatic carbocycles. The third-order valence-corrected chi connectivity index (χ3v) is 9.49. The van der Waals surface area contributed by atoms with Crippen LogP contribution in [0.5, 0.6) is 6.01 Å². The van der Waals surface area contributed by atoms with Crippen LogP contribution in [0.25, 0.3) is 11.0 Å². The van der Waals surface area contributed by atoms with Crippen molar-refractivity contribution in [3.63, 3.8) is 0 Å². The zero-order valence-corrected chi connectivity index (χ0v) is 22.1. The van der Waals surface area contributed by atoms with Crippen LogP contribution in [0.4, 0.5) is 21.3 Å². The first kappa shape index (κ1) is 24.4. The fraction of sp³-hybridized carbons (Fsp3) is 0.333. The average molecular weight is 555 g/mol. The Morgan fingerprint density at radius 2 is 1.89 bits per heavy atom. The van der Waals surface area contributed by atoms with Gasteiger partial charge in [-0.3, -0.25) is 5.32 Å². The molecular weight excluding hydrogens is 528 g/mol. The number of hydrogen-bond acceptors (Lipinski definition) is 10. The number of rotatable bonds is 6. The Morgan fingerprint density at radius 3 is 2.58 bits per heavy atom. The topological polar surface area (TPSA) is 157 Å². The van der Waals surface area contributed by atoms with Crippen molar-refractivity contribution < 1.29 is 17.9 Å². The highest BCUT2D eigenvalue weighted by molar-refractivity contribution is 7.90. The van der Waals surface area contributed by atoms with Crippen molar-refractivity contribution in [3.8, 4) is 6.01 Å². The Morgan fingerprint density at radius 1 is 1.16 bits per heavy atom. The fourth-order valence-electron chi connectivity index (χ4n) is 5.44. The van der Waals surface area contributed by atoms with Crippen molar-refractivity contribution in [1.29, 1.82) is 0 Å². The van der Waals surface area contributed by atoms with E-state index < -0.39 is 10.0 Å². The summed E-state index contributed by atoms with van der Waals surface area (Å²) in [5, 5.41) is 7.40. The van der Waals surface area contributed by atoms with E-state index >= 15 is 0 Å². The Labute approximate surface area is 223 Å². The lowest BCUT2D eigenvalue weighted by Gasteiger charge is -2.21. The van der Waals surface area contributed by atoms with E-state index in [4.69, 9.17) is 10.5 Å². The molecule has 38 heavy (non-hydrogen) atoms. The van der Waals surface area contributed by atoms with Gasteiger partial charge in [0.15, 0.2) is 5.65 Å². The summed E-state index contributed by atoms with van der Waals surface area (Å²) in [7, 11) is -2.32. The van der Waals surface area contributed by atoms with Crippen LogP contribution < -0.4 is 21.1 Å². The van der Waals surface area contributed by atoms with Gasteiger partial charge in [0.05, 0.1) is 29.6 Å². The van der Waals surface area contributed by atoms with Crippen molar-refractivity contribution in [1.82, 2.24) is 23.2 Å². The molecule has 1 saturated heterocycles. The molecule has 4 heterocycles. The second-order valence-corrected chi connectivity index (χ2v) is 12.1. The predicted octanol–water partition coefficient (Wildman–Crippen LogP) is 3.07. The van der Waals surface area contributed by atoms with Gasteiger partial charge in [-0.15, -0.1) is 4.37 Å². The van der Waals surface area contributed by atoms with Gasteiger partial charge in [0.1, 0.15) is 0 Å². The maximum atomic E-state index is 13.2. The summed E-state index contributed by atoms with van der Waals surface area (Å²) in [4.78, 5) is 23.2. The molecule has 0 unspecified atom stereocenters. The molecule has 0 radical (unpaired) electrons. The first-order valence-corrected chi connectivity index (χ1v) is 14.3. The van der Waals surface area contributed by atoms with Crippen LogP contribution in [0.1, 0.15) is 12.8 Å². The molecule has 12 nitrogen and oxygen atoms in total. The van der Waals surface area contributed by atoms with E-state index in [2.05, 4.69) is 25.0 Å². The van der Waals surface area contributed by atoms with Crippen molar-refractivity contribution >= 4 is 55.1 Å². The number of nitrogen functional groups attached to an aromatic ring is 1. The maximum absolute atomic E-state index is 13.2. The molecule has 1 aromatic carbocycles. The number of carbonyl (C=O) groups is 1. The predicted molar refractivity (Wildman–Crippen MR) is 144 cm³/mol. The number of benzene rings is 1. The van der Waals surface area contributed by atoms with Crippen LogP contribution in [-0.4, -0.2) is 63.9 Å². The van der Waals surface area contributed by atoms with Crippen LogP contribution in [0.2, 0.25) is 0 Å². The number of anilines is 3. The first-order valence-electron chi connectivity index (χ1n) is 12.1. The quantitative estimate of drug-likeness (QED) is 0.326. The zero-order chi connectivity index (χ0) is 26.4. The minimum Gasteiger partial charge on any atom is -0.466 e. The number of nitrogens with zero attached hydrogens (tertiary/aromatic N) is 5. The number of nitrogens with one attached hydrogen (secondary N) is 2. The molecule has 3 aromatic heterocycles. The number of pyridine rings is 1. The maximum Gasteiger partial charge on any atom is 0.329 e. The number of hydrogen-bond donors (Lipinski definition) is 3. The van der Waals surface area contributed by atoms with Crippen LogP contribution >= 0.6 is 11.5 Å². The summed E-state index contributed by atoms with van der Waals surface area (Å²) in [6, 6.07) is 10.2. The Bertz CT molecular complexity index is 1590. The van der Waals surface area contributed by atoms with Gasteiger partial charge in [-0.05, 0) is 42.9 Å². The highest BCUT2D eigenvalue weighted by Gasteiger charge is 2.42. The molecule has 198 valence electrons. The van der Waals surface area contributed by atoms with Crippen molar-refractivity contribution in [2.24, 2.45) is 11.8 Å². The van der Waals surface area contributed by atoms with Crippen LogP contribution in [0.15, 0.2) is 53.7 Å². The molecule has 0 spiro atoms. The van der Waals surface area contributed by atoms with Gasteiger partial charge >= 0.3 is 12.0 Å². The van der Waals surface area contributed by atoms with Crippen LogP contribution in [-0.2, 0) is 10.0 Å². The van der Waals surface area contributed by atoms with Crippen molar-refractivity contribution in [2.75, 3.05) is 36.6 Å². The molecule has 6 rings (SSSR count). The summed E-state index contributed by atoms with van der Waals surface area (Å²) in [5.74, 6) is 0.702. The van der Waals surface area contributed by atoms with Gasteiger partial charge in [0.25, 0.3) is 10.0 Å². The smallest absolute Gasteiger partial charge is 0.329 e. The molecule has 0 bridgehead atoms. The second kappa shape index (κ2) is 9.44. The number of likely N-dealkylation sites (tertiary alicyclic amines) is 1. The lowest BCUT2D eigenvalue weighted by molar-refractivity contribution is 0.218. The van der Waals surface area contributed by atoms with Gasteiger partial charge in [-0.1, -0.05) is 18.2 Å². The third kappa shape index (κ3) is 4.28. The largest absolute Gasteiger partial charge is 0.466 e. The molecular formula is C24H26N8O4S2. The minimum atomic E-state index is -3.80. The van der Waals surface area contributed by atoms with E-state index in [9.17, 15) is 13.2 Å². The minimum absolute atomic E-state index is 0.143. The molecule has 3 atom stereocenters. The second-order valence-electron chi connectivity index (χ2n) is 9.51. The number of methoxy groups -OCH3 is 1. The van der Waals surface area contributed by atoms with E-state index in [0.717, 1.165) is 24.4 Å². The average Bonchev–Trinajstić information content (AvgIpc) is 3.69. The van der Waals surface area contributed by atoms with E-state index in [0.29, 0.717) is 52.5 Å². The summed E-state index contributed by atoms with van der Waals surface area (Å²) < 4.78 is 36.6. The number of aromatic nitrogens is 4. The molecule has 4 aromatic rings. The van der Waals surface area contributed by atoms with Crippen LogP contribution in [0.3, 0.4) is 0 Å². The molecule has 2 fully saturated rings. The normalized spacial score (nSPS) is 21.0. The standard InChI is InChI=1S/C24H26N8O4S2/c1-36-22-28-23(37-30-22)29-24(33)31-12-14-9-16(10-15(14)13-31)27-20-18-7-8-32(21(18)26-11-19(20)25)38(34,35)17-5-3-2-4-6-17/h2-8,11,14-16H,9-10,12-13,25H2,1H3,(H,26,27)(H,28,29,30,33)/t14-,15+,16+. The number of carbonyl (C=O) groups excluding carboxylic acids is 1. The number of nitrogens with two attached hydrogens (primary N) is 1. The molecule has 4 N–H and O–H groups in total. The number of amides is 2. The number of urea groups is 1. The van der Waals surface area contributed by atoms with E-state index in [1.54, 1.807) is 36.4 Å². The lowest BCUT2D eigenvalue weighted by atomic mass is 10.0. The van der Waals surface area contributed by atoms with Gasteiger partial charge in [0.2, 0.25) is 5.13 Å². The highest BCUT2D eigenvalue weighted by Crippen LogP contribution is 2.41. The Balaban J connectivity index is 1.15. The monoisotopic (exact) mass is 554 g/mol. The summed E-state index contributed by atoms with van der Waals surface area (Å²) in [6.45, 7) is 1.30. The SMILES string of the molecule is COc1nsc(NC(=O)N2C[C@H]3C[C@H](Nc4c(N)cnc5c4ccn5S(=O)(=O)c4ccccc4)C[C@H]3C2)n1. The van der Waals surface area contributed by atoms with E-state index in [-0.39, 0.29) is 23.0 Å². The molecule has 2 aliphatic rings. The summed E-state index contributed by atoms with van der Waals surface area (Å²) in [5.41, 5.74) is 7.75. The van der Waals surface area contributed by atoms with Crippen molar-refractivity contribution in [2.45, 2.75) is 23.8 Å². The van der Waals surface area contributed by atoms with Crippen molar-refractivity contribution in [3.05, 3.63) is 48.8 Å². The molecule has 1 aliphatic heterocycles. The molecule has 1 saturated carbocycles. The Hall–Kier alpha value is -3.91. The molecule has 2 amide bonds. The van der Waals surface area contributed by atoms with Gasteiger partial charge in [0, 0.05) is 42.2 Å².